The molecule has 0 amide bonds. The van der Waals surface area contributed by atoms with Crippen molar-refractivity contribution in [2.45, 2.75) is 56.3 Å². The minimum absolute atomic E-state index is 0.136. The van der Waals surface area contributed by atoms with E-state index in [-0.39, 0.29) is 5.92 Å². The Hall–Kier alpha value is -2.64. The van der Waals surface area contributed by atoms with Gasteiger partial charge in [-0.15, -0.1) is 0 Å². The van der Waals surface area contributed by atoms with Crippen molar-refractivity contribution in [3.05, 3.63) is 107 Å². The van der Waals surface area contributed by atoms with Crippen molar-refractivity contribution in [2.75, 3.05) is 19.6 Å². The van der Waals surface area contributed by atoms with Crippen LogP contribution in [0.3, 0.4) is 0 Å². The Balaban J connectivity index is 1.31. The quantitative estimate of drug-likeness (QED) is 0.334. The van der Waals surface area contributed by atoms with Gasteiger partial charge in [-0.2, -0.15) is 0 Å². The molecule has 1 heterocycles. The summed E-state index contributed by atoms with van der Waals surface area (Å²) in [6.07, 6.45) is 2.81. The van der Waals surface area contributed by atoms with Crippen molar-refractivity contribution in [1.29, 1.82) is 0 Å². The second-order valence-corrected chi connectivity index (χ2v) is 12.7. The number of likely N-dealkylation sites (tertiary alicyclic amines) is 1. The van der Waals surface area contributed by atoms with Gasteiger partial charge in [-0.05, 0) is 87.3 Å². The first kappa shape index (κ1) is 27.4. The Morgan fingerprint density at radius 1 is 0.865 bits per heavy atom. The Morgan fingerprint density at radius 2 is 1.38 bits per heavy atom. The van der Waals surface area contributed by atoms with Gasteiger partial charge >= 0.3 is 8.93 Å². The average Bonchev–Trinajstić information content (AvgIpc) is 2.94. The molecule has 3 aromatic rings. The van der Waals surface area contributed by atoms with Gasteiger partial charge in [0.15, 0.2) is 0 Å². The van der Waals surface area contributed by atoms with E-state index < -0.39 is 25.7 Å². The predicted molar refractivity (Wildman–Crippen MR) is 147 cm³/mol. The van der Waals surface area contributed by atoms with Gasteiger partial charge in [0.25, 0.3) is 0 Å². The highest BCUT2D eigenvalue weighted by Gasteiger charge is 2.41. The van der Waals surface area contributed by atoms with E-state index >= 15 is 0 Å². The van der Waals surface area contributed by atoms with Crippen LogP contribution >= 0.6 is 0 Å². The van der Waals surface area contributed by atoms with Crippen molar-refractivity contribution < 1.29 is 19.5 Å². The van der Waals surface area contributed by atoms with E-state index in [9.17, 15) is 19.5 Å². The third-order valence-electron chi connectivity index (χ3n) is 8.11. The number of nitrogens with zero attached hydrogens (tertiary/aromatic N) is 1. The van der Waals surface area contributed by atoms with Gasteiger partial charge in [-0.3, -0.25) is 0 Å². The molecule has 0 aromatic heterocycles. The standard InChI is InChI=1S/C31H39NO4Si/c1-30(2,37(35)36)25-17-15-24(16-18-25)29(33)14-9-21-32-22-19-28(20-23-32)31(34,26-10-5-3-6-11-26)27-12-7-4-8-13-27/h3-8,10-13,15-18,28-29,33-35H,9,14,19-23H2,1-2H3. The summed E-state index contributed by atoms with van der Waals surface area (Å²) in [7, 11) is -2.70. The Kier molecular flexibility index (Phi) is 8.75. The van der Waals surface area contributed by atoms with Crippen molar-refractivity contribution in [3.8, 4) is 0 Å². The lowest BCUT2D eigenvalue weighted by Crippen LogP contribution is -2.44. The third-order valence-corrected chi connectivity index (χ3v) is 9.47. The maximum absolute atomic E-state index is 12.1. The van der Waals surface area contributed by atoms with Crippen LogP contribution < -0.4 is 0 Å². The predicted octanol–water partition coefficient (Wildman–Crippen LogP) is 4.88. The fraction of sp³-hybridized carbons (Fsp3) is 0.419. The van der Waals surface area contributed by atoms with Crippen LogP contribution in [0.2, 0.25) is 0 Å². The molecule has 1 atom stereocenters. The van der Waals surface area contributed by atoms with Gasteiger partial charge in [0.1, 0.15) is 5.60 Å². The molecule has 1 fully saturated rings. The zero-order valence-electron chi connectivity index (χ0n) is 21.9. The molecule has 0 saturated carbocycles. The van der Waals surface area contributed by atoms with E-state index in [1.54, 1.807) is 13.8 Å². The third kappa shape index (κ3) is 6.09. The van der Waals surface area contributed by atoms with Crippen molar-refractivity contribution in [2.24, 2.45) is 5.92 Å². The zero-order chi connectivity index (χ0) is 26.5. The molecule has 1 saturated heterocycles. The van der Waals surface area contributed by atoms with E-state index in [1.165, 1.54) is 0 Å². The first-order valence-corrected chi connectivity index (χ1v) is 14.7. The maximum atomic E-state index is 12.1. The first-order chi connectivity index (χ1) is 17.7. The van der Waals surface area contributed by atoms with Gasteiger partial charge in [0.05, 0.1) is 11.1 Å². The number of aliphatic hydroxyl groups is 2. The average molecular weight is 518 g/mol. The minimum atomic E-state index is -2.70. The molecule has 1 aliphatic heterocycles. The smallest absolute Gasteiger partial charge is 0.510 e. The van der Waals surface area contributed by atoms with Crippen LogP contribution in [0.4, 0.5) is 0 Å². The largest absolute Gasteiger partial charge is 0.539 e. The number of hydrogen-bond acceptors (Lipinski definition) is 4. The van der Waals surface area contributed by atoms with Crippen molar-refractivity contribution in [1.82, 2.24) is 4.90 Å². The number of hydrogen-bond donors (Lipinski definition) is 3. The van der Waals surface area contributed by atoms with E-state index in [4.69, 9.17) is 0 Å². The number of benzene rings is 3. The normalized spacial score (nSPS) is 16.4. The molecule has 196 valence electrons. The second kappa shape index (κ2) is 11.8. The fourth-order valence-electron chi connectivity index (χ4n) is 5.52. The Labute approximate surface area is 222 Å². The van der Waals surface area contributed by atoms with Crippen LogP contribution in [0.5, 0.6) is 0 Å². The Morgan fingerprint density at radius 3 is 1.86 bits per heavy atom. The van der Waals surface area contributed by atoms with E-state index in [1.807, 2.05) is 84.9 Å². The lowest BCUT2D eigenvalue weighted by atomic mass is 9.72. The highest BCUT2D eigenvalue weighted by atomic mass is 28.3. The molecule has 0 spiro atoms. The van der Waals surface area contributed by atoms with E-state index in [0.717, 1.165) is 61.2 Å². The summed E-state index contributed by atoms with van der Waals surface area (Å²) in [4.78, 5) is 12.0. The van der Waals surface area contributed by atoms with Gasteiger partial charge in [-0.25, -0.2) is 0 Å². The molecule has 0 radical (unpaired) electrons. The first-order valence-electron chi connectivity index (χ1n) is 13.3. The number of piperidine rings is 1. The Bertz CT molecular complexity index is 1100. The van der Waals surface area contributed by atoms with Crippen LogP contribution in [0.25, 0.3) is 0 Å². The molecule has 37 heavy (non-hydrogen) atoms. The summed E-state index contributed by atoms with van der Waals surface area (Å²) in [5, 5.41) is 22.0. The van der Waals surface area contributed by atoms with Crippen LogP contribution in [0.15, 0.2) is 84.9 Å². The summed E-state index contributed by atoms with van der Waals surface area (Å²) < 4.78 is 11.7. The van der Waals surface area contributed by atoms with Crippen molar-refractivity contribution >= 4 is 8.93 Å². The van der Waals surface area contributed by atoms with Gasteiger partial charge in [-0.1, -0.05) is 84.9 Å². The summed E-state index contributed by atoms with van der Waals surface area (Å²) in [5.74, 6) is 0.136. The highest BCUT2D eigenvalue weighted by Crippen LogP contribution is 2.42. The van der Waals surface area contributed by atoms with Gasteiger partial charge in [0, 0.05) is 0 Å². The molecular weight excluding hydrogens is 478 g/mol. The summed E-state index contributed by atoms with van der Waals surface area (Å²) >= 11 is 0. The molecular formula is C31H39NO4Si. The van der Waals surface area contributed by atoms with Gasteiger partial charge < -0.3 is 24.4 Å². The van der Waals surface area contributed by atoms with Crippen LogP contribution in [-0.4, -0.2) is 48.5 Å². The topological polar surface area (TPSA) is 81.0 Å². The number of rotatable bonds is 10. The van der Waals surface area contributed by atoms with Crippen LogP contribution in [0.1, 0.15) is 67.9 Å². The fourth-order valence-corrected chi connectivity index (χ4v) is 5.93. The molecule has 3 aromatic carbocycles. The molecule has 5 nitrogen and oxygen atoms in total. The summed E-state index contributed by atoms with van der Waals surface area (Å²) in [6, 6.07) is 27.5. The monoisotopic (exact) mass is 517 g/mol. The highest BCUT2D eigenvalue weighted by molar-refractivity contribution is 6.37. The van der Waals surface area contributed by atoms with E-state index in [0.29, 0.717) is 6.42 Å². The lowest BCUT2D eigenvalue weighted by Gasteiger charge is -2.42. The zero-order valence-corrected chi connectivity index (χ0v) is 22.9. The SMILES string of the molecule is CC(C)(c1ccc(C(O)CCCN2CCC(C(O)(c3ccccc3)c3ccccc3)CC2)cc1)[Si](=O)O. The molecule has 4 rings (SSSR count). The molecule has 1 unspecified atom stereocenters. The van der Waals surface area contributed by atoms with Crippen molar-refractivity contribution in [3.63, 3.8) is 0 Å². The summed E-state index contributed by atoms with van der Waals surface area (Å²) in [5.41, 5.74) is 2.54. The molecule has 1 aliphatic rings. The summed E-state index contributed by atoms with van der Waals surface area (Å²) in [6.45, 7) is 6.29. The van der Waals surface area contributed by atoms with Gasteiger partial charge in [0.2, 0.25) is 0 Å². The number of aliphatic hydroxyl groups excluding tert-OH is 1. The second-order valence-electron chi connectivity index (χ2n) is 10.8. The molecule has 0 aliphatic carbocycles. The lowest BCUT2D eigenvalue weighted by molar-refractivity contribution is -0.0146. The maximum Gasteiger partial charge on any atom is 0.510 e. The van der Waals surface area contributed by atoms with Crippen LogP contribution in [-0.2, 0) is 15.1 Å². The molecule has 6 heteroatoms. The molecule has 3 N–H and O–H groups in total. The van der Waals surface area contributed by atoms with E-state index in [2.05, 4.69) is 4.90 Å². The minimum Gasteiger partial charge on any atom is -0.539 e. The molecule has 0 bridgehead atoms. The van der Waals surface area contributed by atoms with Crippen LogP contribution in [0, 0.1) is 5.92 Å².